The Morgan fingerprint density at radius 1 is 1.00 bits per heavy atom. The van der Waals surface area contributed by atoms with E-state index in [1.807, 2.05) is 0 Å². The topological polar surface area (TPSA) is 74.6 Å². The molecule has 0 bridgehead atoms. The van der Waals surface area contributed by atoms with Crippen LogP contribution in [0.5, 0.6) is 0 Å². The molecule has 2 N–H and O–H groups in total. The first-order valence-electron chi connectivity index (χ1n) is 0.698. The summed E-state index contributed by atoms with van der Waals surface area (Å²) in [5.74, 6) is 0. The van der Waals surface area contributed by atoms with Crippen molar-refractivity contribution in [3.8, 4) is 0 Å². The van der Waals surface area contributed by atoms with E-state index in [1.54, 1.807) is 0 Å². The molecule has 7 heteroatoms. The summed E-state index contributed by atoms with van der Waals surface area (Å²) >= 11 is 0. The third-order valence-corrected chi connectivity index (χ3v) is 0. The molecule has 0 radical (unpaired) electrons. The second-order valence-corrected chi connectivity index (χ2v) is 1.34. The predicted molar refractivity (Wildman–Crippen MR) is 14.2 cm³/mol. The predicted octanol–water partition coefficient (Wildman–Crippen LogP) is -0.658. The number of hydrogen-bond donors (Lipinski definition) is 2. The van der Waals surface area contributed by atoms with Gasteiger partial charge in [-0.15, -0.1) is 0 Å². The van der Waals surface area contributed by atoms with Crippen molar-refractivity contribution in [3.05, 3.63) is 0 Å². The average Bonchev–Trinajstić information content (AvgIpc) is 0.722. The van der Waals surface area contributed by atoms with Gasteiger partial charge in [0.25, 0.3) is 0 Å². The van der Waals surface area contributed by atoms with Crippen molar-refractivity contribution < 1.29 is 52.2 Å². The first-order valence-corrected chi connectivity index (χ1v) is 2.10. The van der Waals surface area contributed by atoms with Crippen molar-refractivity contribution >= 4 is 10.4 Å². The fourth-order valence-electron chi connectivity index (χ4n) is 0. The normalized spacial score (nSPS) is 8.29. The standard InChI is InChI=1S/2Cr.H2O4S/c;;1-5(2,3)4/h;;(H2,1,2,3,4). The van der Waals surface area contributed by atoms with E-state index in [0.717, 1.165) is 0 Å². The smallest absolute Gasteiger partial charge is 0.264 e. The molecule has 0 aliphatic rings. The third-order valence-electron chi connectivity index (χ3n) is 0. The Bertz CT molecular complexity index is 92.9. The van der Waals surface area contributed by atoms with Crippen LogP contribution in [0.15, 0.2) is 0 Å². The van der Waals surface area contributed by atoms with Crippen molar-refractivity contribution in [2.75, 3.05) is 0 Å². The zero-order valence-corrected chi connectivity index (χ0v) is 6.30. The van der Waals surface area contributed by atoms with Crippen LogP contribution >= 0.6 is 0 Å². The summed E-state index contributed by atoms with van der Waals surface area (Å²) in [5.41, 5.74) is 0. The largest absolute Gasteiger partial charge is 0.394 e. The van der Waals surface area contributed by atoms with Gasteiger partial charge in [0, 0.05) is 34.7 Å². The van der Waals surface area contributed by atoms with E-state index in [1.165, 1.54) is 0 Å². The maximum absolute atomic E-state index is 8.74. The molecule has 0 fully saturated rings. The van der Waals surface area contributed by atoms with Crippen molar-refractivity contribution in [2.24, 2.45) is 0 Å². The zero-order valence-electron chi connectivity index (χ0n) is 2.94. The first-order chi connectivity index (χ1) is 2.00. The van der Waals surface area contributed by atoms with Crippen molar-refractivity contribution in [3.63, 3.8) is 0 Å². The van der Waals surface area contributed by atoms with Crippen molar-refractivity contribution in [1.82, 2.24) is 0 Å². The van der Waals surface area contributed by atoms with Gasteiger partial charge in [-0.25, -0.2) is 0 Å². The van der Waals surface area contributed by atoms with Gasteiger partial charge in [0.2, 0.25) is 0 Å². The molecule has 7 heavy (non-hydrogen) atoms. The molecule has 0 amide bonds. The molecule has 0 saturated carbocycles. The van der Waals surface area contributed by atoms with Crippen LogP contribution in [0.4, 0.5) is 0 Å². The zero-order chi connectivity index (χ0) is 4.50. The summed E-state index contributed by atoms with van der Waals surface area (Å²) in [6.07, 6.45) is 0. The molecule has 0 rings (SSSR count). The molecule has 0 unspecified atom stereocenters. The van der Waals surface area contributed by atoms with Crippen LogP contribution in [0.25, 0.3) is 0 Å². The molecule has 44 valence electrons. The Kier molecular flexibility index (Phi) is 11.4. The molecule has 0 aromatic carbocycles. The minimum absolute atomic E-state index is 0. The quantitative estimate of drug-likeness (QED) is 0.511. The summed E-state index contributed by atoms with van der Waals surface area (Å²) in [4.78, 5) is 0. The van der Waals surface area contributed by atoms with E-state index in [9.17, 15) is 0 Å². The van der Waals surface area contributed by atoms with Crippen LogP contribution in [0.1, 0.15) is 0 Å². The van der Waals surface area contributed by atoms with Gasteiger partial charge < -0.3 is 0 Å². The van der Waals surface area contributed by atoms with Crippen LogP contribution in [0.2, 0.25) is 0 Å². The summed E-state index contributed by atoms with van der Waals surface area (Å²) in [7, 11) is -4.67. The molecule has 0 aliphatic carbocycles. The monoisotopic (exact) mass is 202 g/mol. The second-order valence-electron chi connectivity index (χ2n) is 0.448. The molecule has 0 saturated heterocycles. The molecular weight excluding hydrogens is 200 g/mol. The van der Waals surface area contributed by atoms with Gasteiger partial charge in [-0.05, 0) is 0 Å². The van der Waals surface area contributed by atoms with E-state index in [-0.39, 0.29) is 34.7 Å². The Morgan fingerprint density at radius 2 is 1.00 bits per heavy atom. The maximum atomic E-state index is 8.74. The van der Waals surface area contributed by atoms with Crippen LogP contribution in [0.3, 0.4) is 0 Å². The summed E-state index contributed by atoms with van der Waals surface area (Å²) in [6, 6.07) is 0. The Labute approximate surface area is 62.8 Å². The van der Waals surface area contributed by atoms with E-state index in [0.29, 0.717) is 0 Å². The van der Waals surface area contributed by atoms with Crippen LogP contribution < -0.4 is 0 Å². The average molecular weight is 202 g/mol. The Hall–Kier alpha value is 0.935. The molecule has 0 atom stereocenters. The number of rotatable bonds is 0. The Balaban J connectivity index is -0.0000000800. The van der Waals surface area contributed by atoms with E-state index < -0.39 is 10.4 Å². The summed E-state index contributed by atoms with van der Waals surface area (Å²) in [5, 5.41) is 0. The molecule has 0 aromatic rings. The fourth-order valence-corrected chi connectivity index (χ4v) is 0. The van der Waals surface area contributed by atoms with Gasteiger partial charge >= 0.3 is 10.4 Å². The van der Waals surface area contributed by atoms with Gasteiger partial charge in [0.1, 0.15) is 0 Å². The van der Waals surface area contributed by atoms with Gasteiger partial charge in [0.15, 0.2) is 0 Å². The molecule has 0 heterocycles. The van der Waals surface area contributed by atoms with Crippen molar-refractivity contribution in [2.45, 2.75) is 0 Å². The number of hydrogen-bond acceptors (Lipinski definition) is 2. The fraction of sp³-hybridized carbons (Fsp3) is 0. The Morgan fingerprint density at radius 3 is 1.00 bits per heavy atom. The van der Waals surface area contributed by atoms with Gasteiger partial charge in [-0.2, -0.15) is 8.42 Å². The third kappa shape index (κ3) is 193. The van der Waals surface area contributed by atoms with Crippen LogP contribution in [-0.2, 0) is 45.1 Å². The SMILES string of the molecule is O=S(=O)(O)O.[Cr].[Cr]. The minimum atomic E-state index is -4.67. The van der Waals surface area contributed by atoms with E-state index >= 15 is 0 Å². The molecule has 0 spiro atoms. The molecule has 0 aromatic heterocycles. The molecule has 4 nitrogen and oxygen atoms in total. The van der Waals surface area contributed by atoms with Gasteiger partial charge in [-0.3, -0.25) is 9.11 Å². The van der Waals surface area contributed by atoms with Gasteiger partial charge in [0.05, 0.1) is 0 Å². The van der Waals surface area contributed by atoms with Crippen molar-refractivity contribution in [1.29, 1.82) is 0 Å². The maximum Gasteiger partial charge on any atom is 0.394 e. The first kappa shape index (κ1) is 15.7. The van der Waals surface area contributed by atoms with Crippen LogP contribution in [-0.4, -0.2) is 17.5 Å². The summed E-state index contributed by atoms with van der Waals surface area (Å²) < 4.78 is 31.6. The van der Waals surface area contributed by atoms with E-state index in [4.69, 9.17) is 17.5 Å². The summed E-state index contributed by atoms with van der Waals surface area (Å²) in [6.45, 7) is 0. The molecular formula is H2Cr2O4S. The molecule has 0 aliphatic heterocycles. The van der Waals surface area contributed by atoms with E-state index in [2.05, 4.69) is 0 Å². The second kappa shape index (κ2) is 5.08. The van der Waals surface area contributed by atoms with Crippen LogP contribution in [0, 0.1) is 0 Å². The van der Waals surface area contributed by atoms with Gasteiger partial charge in [-0.1, -0.05) is 0 Å². The minimum Gasteiger partial charge on any atom is -0.264 e.